The molecule has 1 heterocycles. The molecule has 0 bridgehead atoms. The van der Waals surface area contributed by atoms with Crippen molar-refractivity contribution in [3.05, 3.63) is 78.1 Å². The summed E-state index contributed by atoms with van der Waals surface area (Å²) in [5, 5.41) is 17.4. The monoisotopic (exact) mass is 378 g/mol. The first-order valence-corrected chi connectivity index (χ1v) is 9.55. The van der Waals surface area contributed by atoms with Crippen molar-refractivity contribution in [2.24, 2.45) is 0 Å². The fraction of sp³-hybridized carbons (Fsp3) is 0.273. The minimum Gasteiger partial charge on any atom is -0.504 e. The van der Waals surface area contributed by atoms with Crippen LogP contribution in [0.15, 0.2) is 66.9 Å². The van der Waals surface area contributed by atoms with E-state index in [2.05, 4.69) is 41.3 Å². The van der Waals surface area contributed by atoms with Gasteiger partial charge in [-0.05, 0) is 30.8 Å². The normalized spacial score (nSPS) is 12.1. The number of aromatic hydroxyl groups is 1. The molecule has 1 unspecified atom stereocenters. The number of para-hydroxylation sites is 1. The molecule has 2 aromatic carbocycles. The molecule has 28 heavy (non-hydrogen) atoms. The maximum absolute atomic E-state index is 12.7. The number of hydrogen-bond acceptors (Lipinski definition) is 4. The van der Waals surface area contributed by atoms with Crippen LogP contribution >= 0.6 is 0 Å². The highest BCUT2D eigenvalue weighted by molar-refractivity contribution is 5.94. The van der Waals surface area contributed by atoms with Crippen LogP contribution in [0, 0.1) is 0 Å². The Morgan fingerprint density at radius 1 is 1.07 bits per heavy atom. The summed E-state index contributed by atoms with van der Waals surface area (Å²) in [7, 11) is 0. The lowest BCUT2D eigenvalue weighted by Crippen LogP contribution is -2.38. The Morgan fingerprint density at radius 2 is 1.68 bits per heavy atom. The van der Waals surface area contributed by atoms with Crippen LogP contribution in [-0.2, 0) is 0 Å². The molecule has 0 fully saturated rings. The van der Waals surface area contributed by atoms with Gasteiger partial charge in [-0.25, -0.2) is 4.68 Å². The second-order valence-corrected chi connectivity index (χ2v) is 6.50. The molecule has 0 aliphatic carbocycles. The summed E-state index contributed by atoms with van der Waals surface area (Å²) in [6, 6.07) is 19.5. The number of amides is 1. The number of rotatable bonds is 8. The minimum atomic E-state index is -0.389. The lowest BCUT2D eigenvalue weighted by Gasteiger charge is -2.30. The number of benzene rings is 2. The van der Waals surface area contributed by atoms with Crippen LogP contribution in [0.25, 0.3) is 5.69 Å². The zero-order valence-electron chi connectivity index (χ0n) is 16.2. The topological polar surface area (TPSA) is 70.4 Å². The quantitative estimate of drug-likeness (QED) is 0.630. The molecule has 146 valence electrons. The molecule has 3 rings (SSSR count). The predicted octanol–water partition coefficient (Wildman–Crippen LogP) is 3.39. The summed E-state index contributed by atoms with van der Waals surface area (Å²) in [5.41, 5.74) is 1.95. The molecule has 1 amide bonds. The molecule has 6 nitrogen and oxygen atoms in total. The third-order valence-corrected chi connectivity index (χ3v) is 4.82. The Balaban J connectivity index is 1.75. The third-order valence-electron chi connectivity index (χ3n) is 4.82. The Hall–Kier alpha value is -3.12. The van der Waals surface area contributed by atoms with E-state index >= 15 is 0 Å². The van der Waals surface area contributed by atoms with Gasteiger partial charge < -0.3 is 10.4 Å². The van der Waals surface area contributed by atoms with E-state index in [0.717, 1.165) is 24.3 Å². The summed E-state index contributed by atoms with van der Waals surface area (Å²) in [4.78, 5) is 15.0. The average molecular weight is 378 g/mol. The Kier molecular flexibility index (Phi) is 6.45. The lowest BCUT2D eigenvalue weighted by molar-refractivity contribution is 0.0927. The first-order chi connectivity index (χ1) is 13.6. The summed E-state index contributed by atoms with van der Waals surface area (Å²) in [6.45, 7) is 6.39. The van der Waals surface area contributed by atoms with Crippen LogP contribution in [0.4, 0.5) is 0 Å². The van der Waals surface area contributed by atoms with Crippen LogP contribution in [-0.4, -0.2) is 45.3 Å². The predicted molar refractivity (Wildman–Crippen MR) is 110 cm³/mol. The lowest BCUT2D eigenvalue weighted by atomic mass is 10.1. The van der Waals surface area contributed by atoms with Gasteiger partial charge >= 0.3 is 0 Å². The van der Waals surface area contributed by atoms with E-state index in [1.807, 2.05) is 48.5 Å². The molecular formula is C22H26N4O2. The number of carbonyl (C=O) groups is 1. The largest absolute Gasteiger partial charge is 0.504 e. The van der Waals surface area contributed by atoms with Crippen molar-refractivity contribution in [3.8, 4) is 11.4 Å². The van der Waals surface area contributed by atoms with Crippen molar-refractivity contribution >= 4 is 5.91 Å². The smallest absolute Gasteiger partial charge is 0.275 e. The first kappa shape index (κ1) is 19.6. The van der Waals surface area contributed by atoms with Gasteiger partial charge in [-0.3, -0.25) is 9.69 Å². The van der Waals surface area contributed by atoms with E-state index in [0.29, 0.717) is 6.54 Å². The Bertz CT molecular complexity index is 889. The fourth-order valence-electron chi connectivity index (χ4n) is 3.31. The summed E-state index contributed by atoms with van der Waals surface area (Å²) in [6.07, 6.45) is 1.45. The number of hydrogen-bond donors (Lipinski definition) is 2. The van der Waals surface area contributed by atoms with Gasteiger partial charge in [0.1, 0.15) is 0 Å². The van der Waals surface area contributed by atoms with Crippen molar-refractivity contribution in [3.63, 3.8) is 0 Å². The summed E-state index contributed by atoms with van der Waals surface area (Å²) in [5.74, 6) is -0.527. The number of aromatic nitrogens is 2. The van der Waals surface area contributed by atoms with Gasteiger partial charge in [0.05, 0.1) is 17.9 Å². The number of carbonyl (C=O) groups excluding carboxylic acids is 1. The van der Waals surface area contributed by atoms with Crippen LogP contribution in [0.5, 0.6) is 5.75 Å². The van der Waals surface area contributed by atoms with Gasteiger partial charge in [-0.1, -0.05) is 62.4 Å². The zero-order valence-corrected chi connectivity index (χ0v) is 16.2. The maximum Gasteiger partial charge on any atom is 0.275 e. The molecule has 6 heteroatoms. The van der Waals surface area contributed by atoms with Crippen LogP contribution in [0.3, 0.4) is 0 Å². The maximum atomic E-state index is 12.7. The van der Waals surface area contributed by atoms with E-state index in [1.54, 1.807) is 0 Å². The van der Waals surface area contributed by atoms with Crippen molar-refractivity contribution in [2.75, 3.05) is 19.6 Å². The Morgan fingerprint density at radius 3 is 2.29 bits per heavy atom. The van der Waals surface area contributed by atoms with Crippen molar-refractivity contribution in [2.45, 2.75) is 19.9 Å². The van der Waals surface area contributed by atoms with E-state index < -0.39 is 0 Å². The highest BCUT2D eigenvalue weighted by Gasteiger charge is 2.22. The van der Waals surface area contributed by atoms with Gasteiger partial charge in [0.15, 0.2) is 11.4 Å². The van der Waals surface area contributed by atoms with Gasteiger partial charge in [0.25, 0.3) is 5.91 Å². The van der Waals surface area contributed by atoms with Crippen molar-refractivity contribution < 1.29 is 9.90 Å². The van der Waals surface area contributed by atoms with Crippen LogP contribution in [0.2, 0.25) is 0 Å². The molecule has 3 aromatic rings. The van der Waals surface area contributed by atoms with Gasteiger partial charge in [0.2, 0.25) is 0 Å². The average Bonchev–Trinajstić information content (AvgIpc) is 3.14. The SMILES string of the molecule is CCN(CC)C(CNC(=O)c1nn(-c2ccccc2)cc1O)c1ccccc1. The molecule has 0 aliphatic rings. The molecule has 0 aliphatic heterocycles. The van der Waals surface area contributed by atoms with E-state index in [-0.39, 0.29) is 23.4 Å². The number of likely N-dealkylation sites (N-methyl/N-ethyl adjacent to an activating group) is 1. The van der Waals surface area contributed by atoms with Crippen molar-refractivity contribution in [1.29, 1.82) is 0 Å². The highest BCUT2D eigenvalue weighted by Crippen LogP contribution is 2.21. The zero-order chi connectivity index (χ0) is 19.9. The standard InChI is InChI=1S/C22H26N4O2/c1-3-25(4-2)19(17-11-7-5-8-12-17)15-23-22(28)21-20(27)16-26(24-21)18-13-9-6-10-14-18/h5-14,16,19,27H,3-4,15H2,1-2H3,(H,23,28). The molecule has 2 N–H and O–H groups in total. The minimum absolute atomic E-state index is 0.0233. The Labute approximate surface area is 165 Å². The van der Waals surface area contributed by atoms with Crippen LogP contribution in [0.1, 0.15) is 35.9 Å². The summed E-state index contributed by atoms with van der Waals surface area (Å²) < 4.78 is 1.50. The van der Waals surface area contributed by atoms with Crippen molar-refractivity contribution in [1.82, 2.24) is 20.0 Å². The summed E-state index contributed by atoms with van der Waals surface area (Å²) >= 11 is 0. The number of nitrogens with one attached hydrogen (secondary N) is 1. The van der Waals surface area contributed by atoms with Crippen LogP contribution < -0.4 is 5.32 Å². The fourth-order valence-corrected chi connectivity index (χ4v) is 3.31. The highest BCUT2D eigenvalue weighted by atomic mass is 16.3. The molecule has 0 saturated heterocycles. The number of nitrogens with zero attached hydrogens (tertiary/aromatic N) is 3. The van der Waals surface area contributed by atoms with E-state index in [1.165, 1.54) is 10.9 Å². The molecule has 0 saturated carbocycles. The van der Waals surface area contributed by atoms with Gasteiger partial charge in [-0.2, -0.15) is 5.10 Å². The molecule has 0 spiro atoms. The van der Waals surface area contributed by atoms with Gasteiger partial charge in [0, 0.05) is 6.54 Å². The second kappa shape index (κ2) is 9.19. The molecule has 1 atom stereocenters. The molecular weight excluding hydrogens is 352 g/mol. The second-order valence-electron chi connectivity index (χ2n) is 6.50. The van der Waals surface area contributed by atoms with E-state index in [4.69, 9.17) is 0 Å². The van der Waals surface area contributed by atoms with Gasteiger partial charge in [-0.15, -0.1) is 0 Å². The molecule has 0 radical (unpaired) electrons. The first-order valence-electron chi connectivity index (χ1n) is 9.55. The molecule has 1 aromatic heterocycles. The van der Waals surface area contributed by atoms with E-state index in [9.17, 15) is 9.90 Å². The third kappa shape index (κ3) is 4.40.